The number of para-hydroxylation sites is 1. The summed E-state index contributed by atoms with van der Waals surface area (Å²) in [5, 5.41) is 11.8. The largest absolute Gasteiger partial charge is 0.502 e. The fraction of sp³-hybridized carbons (Fsp3) is 0.382. The van der Waals surface area contributed by atoms with Crippen molar-refractivity contribution in [2.24, 2.45) is 5.92 Å². The van der Waals surface area contributed by atoms with Gasteiger partial charge in [-0.3, -0.25) is 19.3 Å². The van der Waals surface area contributed by atoms with E-state index in [9.17, 15) is 19.5 Å². The van der Waals surface area contributed by atoms with E-state index < -0.39 is 23.1 Å². The van der Waals surface area contributed by atoms with Crippen molar-refractivity contribution >= 4 is 16.9 Å². The van der Waals surface area contributed by atoms with Crippen LogP contribution in [0.5, 0.6) is 17.2 Å². The third kappa shape index (κ3) is 6.21. The van der Waals surface area contributed by atoms with Crippen LogP contribution in [-0.4, -0.2) is 48.4 Å². The van der Waals surface area contributed by atoms with Crippen molar-refractivity contribution in [1.82, 2.24) is 9.47 Å². The van der Waals surface area contributed by atoms with Crippen molar-refractivity contribution in [3.8, 4) is 17.2 Å². The van der Waals surface area contributed by atoms with E-state index in [0.29, 0.717) is 36.9 Å². The summed E-state index contributed by atoms with van der Waals surface area (Å²) in [5.74, 6) is -0.647. The Labute approximate surface area is 255 Å². The molecule has 2 aromatic carbocycles. The van der Waals surface area contributed by atoms with Crippen LogP contribution in [0, 0.1) is 5.92 Å². The molecule has 10 heteroatoms. The SMILES string of the molecule is COC(=O)CC(c1oc(CN2CCc3cc(OC)c(OC)cc3C2)cc(=O)c1O)c1cc2ccccc2n(CC(C)C)c1=O. The molecule has 1 aliphatic heterocycles. The predicted octanol–water partition coefficient (Wildman–Crippen LogP) is 4.59. The molecule has 0 amide bonds. The van der Waals surface area contributed by atoms with Gasteiger partial charge >= 0.3 is 5.97 Å². The number of carbonyl (C=O) groups is 1. The quantitative estimate of drug-likeness (QED) is 0.260. The third-order valence-corrected chi connectivity index (χ3v) is 8.05. The lowest BCUT2D eigenvalue weighted by molar-refractivity contribution is -0.140. The normalized spacial score (nSPS) is 14.0. The number of esters is 1. The van der Waals surface area contributed by atoms with E-state index in [1.54, 1.807) is 24.9 Å². The van der Waals surface area contributed by atoms with Crippen LogP contribution in [0.15, 0.2) is 62.5 Å². The Morgan fingerprint density at radius 2 is 1.70 bits per heavy atom. The van der Waals surface area contributed by atoms with E-state index in [-0.39, 0.29) is 35.8 Å². The number of nitrogens with zero attached hydrogens (tertiary/aromatic N) is 2. The van der Waals surface area contributed by atoms with E-state index in [1.165, 1.54) is 13.2 Å². The molecule has 0 saturated carbocycles. The molecule has 1 N–H and O–H groups in total. The average Bonchev–Trinajstić information content (AvgIpc) is 3.01. The third-order valence-electron chi connectivity index (χ3n) is 8.05. The highest BCUT2D eigenvalue weighted by atomic mass is 16.5. The fourth-order valence-electron chi connectivity index (χ4n) is 5.91. The first-order chi connectivity index (χ1) is 21.1. The van der Waals surface area contributed by atoms with Gasteiger partial charge in [0.15, 0.2) is 17.3 Å². The fourth-order valence-corrected chi connectivity index (χ4v) is 5.91. The summed E-state index contributed by atoms with van der Waals surface area (Å²) in [6.45, 7) is 6.02. The molecular weight excluding hydrogens is 564 g/mol. The number of carbonyl (C=O) groups excluding carboxylic acids is 1. The van der Waals surface area contributed by atoms with E-state index in [4.69, 9.17) is 18.6 Å². The number of hydrogen-bond donors (Lipinski definition) is 1. The molecule has 1 atom stereocenters. The molecule has 1 aliphatic rings. The van der Waals surface area contributed by atoms with E-state index in [1.807, 2.05) is 50.2 Å². The van der Waals surface area contributed by atoms with Crippen LogP contribution < -0.4 is 20.5 Å². The molecule has 1 unspecified atom stereocenters. The maximum Gasteiger partial charge on any atom is 0.306 e. The van der Waals surface area contributed by atoms with Gasteiger partial charge in [0, 0.05) is 31.3 Å². The Bertz CT molecular complexity index is 1810. The highest BCUT2D eigenvalue weighted by Crippen LogP contribution is 2.35. The van der Waals surface area contributed by atoms with Crippen LogP contribution in [0.2, 0.25) is 0 Å². The van der Waals surface area contributed by atoms with Gasteiger partial charge in [-0.15, -0.1) is 0 Å². The van der Waals surface area contributed by atoms with E-state index in [2.05, 4.69) is 4.90 Å². The number of aromatic hydroxyl groups is 1. The molecule has 44 heavy (non-hydrogen) atoms. The van der Waals surface area contributed by atoms with Gasteiger partial charge in [-0.2, -0.15) is 0 Å². The molecule has 232 valence electrons. The molecule has 2 aromatic heterocycles. The van der Waals surface area contributed by atoms with Gasteiger partial charge in [-0.1, -0.05) is 32.0 Å². The monoisotopic (exact) mass is 602 g/mol. The van der Waals surface area contributed by atoms with Crippen LogP contribution in [0.1, 0.15) is 54.4 Å². The van der Waals surface area contributed by atoms with E-state index >= 15 is 0 Å². The average molecular weight is 603 g/mol. The molecular formula is C34H38N2O8. The molecule has 0 radical (unpaired) electrons. The number of fused-ring (bicyclic) bond motifs is 2. The lowest BCUT2D eigenvalue weighted by Gasteiger charge is -2.29. The summed E-state index contributed by atoms with van der Waals surface area (Å²) in [4.78, 5) is 41.9. The van der Waals surface area contributed by atoms with Crippen LogP contribution in [0.3, 0.4) is 0 Å². The maximum atomic E-state index is 14.0. The predicted molar refractivity (Wildman–Crippen MR) is 166 cm³/mol. The standard InChI is InChI=1S/C34H38N2O8/c1-20(2)17-36-27-9-7-6-8-22(27)12-26(34(36)40)25(16-31(38)43-5)33-32(39)28(37)15-24(44-33)19-35-11-10-21-13-29(41-3)30(42-4)14-23(21)18-35/h6-9,12-15,20,25,39H,10-11,16-19H2,1-5H3. The van der Waals surface area contributed by atoms with Crippen LogP contribution in [0.25, 0.3) is 10.9 Å². The first-order valence-electron chi connectivity index (χ1n) is 14.6. The van der Waals surface area contributed by atoms with Gasteiger partial charge in [0.25, 0.3) is 5.56 Å². The zero-order valence-electron chi connectivity index (χ0n) is 25.7. The highest BCUT2D eigenvalue weighted by molar-refractivity contribution is 5.80. The van der Waals surface area contributed by atoms with Crippen LogP contribution >= 0.6 is 0 Å². The molecule has 5 rings (SSSR count). The summed E-state index contributed by atoms with van der Waals surface area (Å²) in [5.41, 5.74) is 2.24. The lowest BCUT2D eigenvalue weighted by atomic mass is 9.91. The van der Waals surface area contributed by atoms with Gasteiger partial charge in [0.2, 0.25) is 11.2 Å². The summed E-state index contributed by atoms with van der Waals surface area (Å²) in [6.07, 6.45) is 0.451. The van der Waals surface area contributed by atoms with Crippen molar-refractivity contribution in [1.29, 1.82) is 0 Å². The molecule has 0 bridgehead atoms. The second-order valence-corrected chi connectivity index (χ2v) is 11.5. The Kier molecular flexibility index (Phi) is 9.10. The van der Waals surface area contributed by atoms with Crippen molar-refractivity contribution < 1.29 is 28.5 Å². The highest BCUT2D eigenvalue weighted by Gasteiger charge is 2.30. The minimum absolute atomic E-state index is 0.134. The molecule has 0 saturated heterocycles. The number of pyridine rings is 1. The zero-order valence-corrected chi connectivity index (χ0v) is 25.7. The summed E-state index contributed by atoms with van der Waals surface area (Å²) in [6, 6.07) is 14.4. The number of benzene rings is 2. The Hall–Kier alpha value is -4.57. The van der Waals surface area contributed by atoms with Gasteiger partial charge in [-0.25, -0.2) is 0 Å². The smallest absolute Gasteiger partial charge is 0.306 e. The van der Waals surface area contributed by atoms with Crippen molar-refractivity contribution in [3.05, 3.63) is 97.3 Å². The van der Waals surface area contributed by atoms with Crippen LogP contribution in [-0.2, 0) is 35.6 Å². The second-order valence-electron chi connectivity index (χ2n) is 11.5. The number of aromatic nitrogens is 1. The van der Waals surface area contributed by atoms with Gasteiger partial charge in [0.05, 0.1) is 45.7 Å². The summed E-state index contributed by atoms with van der Waals surface area (Å²) < 4.78 is 23.8. The number of hydrogen-bond acceptors (Lipinski definition) is 9. The van der Waals surface area contributed by atoms with Gasteiger partial charge in [-0.05, 0) is 53.1 Å². The molecule has 10 nitrogen and oxygen atoms in total. The molecule has 0 fully saturated rings. The van der Waals surface area contributed by atoms with Gasteiger partial charge in [0.1, 0.15) is 5.76 Å². The number of rotatable bonds is 10. The van der Waals surface area contributed by atoms with Crippen molar-refractivity contribution in [3.63, 3.8) is 0 Å². The zero-order chi connectivity index (χ0) is 31.5. The maximum absolute atomic E-state index is 14.0. The van der Waals surface area contributed by atoms with E-state index in [0.717, 1.165) is 28.5 Å². The Balaban J connectivity index is 1.56. The second kappa shape index (κ2) is 13.0. The minimum atomic E-state index is -1.05. The summed E-state index contributed by atoms with van der Waals surface area (Å²) in [7, 11) is 4.45. The minimum Gasteiger partial charge on any atom is -0.502 e. The number of ether oxygens (including phenoxy) is 3. The van der Waals surface area contributed by atoms with Gasteiger partial charge < -0.3 is 28.3 Å². The summed E-state index contributed by atoms with van der Waals surface area (Å²) >= 11 is 0. The van der Waals surface area contributed by atoms with Crippen molar-refractivity contribution in [2.45, 2.75) is 52.2 Å². The topological polar surface area (TPSA) is 120 Å². The first-order valence-corrected chi connectivity index (χ1v) is 14.6. The Morgan fingerprint density at radius 3 is 2.39 bits per heavy atom. The first kappa shape index (κ1) is 30.9. The molecule has 0 aliphatic carbocycles. The number of methoxy groups -OCH3 is 3. The molecule has 0 spiro atoms. The van der Waals surface area contributed by atoms with Crippen molar-refractivity contribution in [2.75, 3.05) is 27.9 Å². The Morgan fingerprint density at radius 1 is 1.00 bits per heavy atom. The van der Waals surface area contributed by atoms with Crippen LogP contribution in [0.4, 0.5) is 0 Å². The molecule has 4 aromatic rings. The molecule has 3 heterocycles. The lowest BCUT2D eigenvalue weighted by Crippen LogP contribution is -2.31.